The van der Waals surface area contributed by atoms with Crippen LogP contribution in [0.2, 0.25) is 0 Å². The molecule has 0 bridgehead atoms. The Labute approximate surface area is 91.8 Å². The van der Waals surface area contributed by atoms with Gasteiger partial charge < -0.3 is 5.11 Å². The monoisotopic (exact) mass is 211 g/mol. The summed E-state index contributed by atoms with van der Waals surface area (Å²) in [5, 5.41) is 8.47. The molecule has 1 atom stereocenters. The van der Waals surface area contributed by atoms with Crippen molar-refractivity contribution in [3.63, 3.8) is 0 Å². The number of hydrogen-bond acceptors (Lipinski definition) is 2. The number of carbonyl (C=O) groups is 1. The summed E-state index contributed by atoms with van der Waals surface area (Å²) >= 11 is 0. The zero-order chi connectivity index (χ0) is 11.1. The topological polar surface area (TPSA) is 40.5 Å². The number of piperidine rings is 1. The standard InChI is InChI=1S/C12H21NO2/c1-2-5-11-6-3-8-13(10-11)9-4-7-12(14)15/h4,7,11H,2-3,5-6,8-10H2,1H3,(H,14,15). The van der Waals surface area contributed by atoms with Crippen LogP contribution >= 0.6 is 0 Å². The molecule has 1 saturated heterocycles. The van der Waals surface area contributed by atoms with E-state index in [0.29, 0.717) is 0 Å². The van der Waals surface area contributed by atoms with Gasteiger partial charge in [0.2, 0.25) is 0 Å². The van der Waals surface area contributed by atoms with Gasteiger partial charge in [-0.3, -0.25) is 4.90 Å². The lowest BCUT2D eigenvalue weighted by Gasteiger charge is -2.31. The maximum Gasteiger partial charge on any atom is 0.328 e. The number of carboxylic acids is 1. The second-order valence-electron chi connectivity index (χ2n) is 4.30. The van der Waals surface area contributed by atoms with Crippen molar-refractivity contribution >= 4 is 5.97 Å². The Morgan fingerprint density at radius 3 is 3.07 bits per heavy atom. The van der Waals surface area contributed by atoms with Crippen LogP contribution in [0.4, 0.5) is 0 Å². The molecule has 1 heterocycles. The molecule has 3 nitrogen and oxygen atoms in total. The van der Waals surface area contributed by atoms with Crippen LogP contribution in [0.15, 0.2) is 12.2 Å². The summed E-state index contributed by atoms with van der Waals surface area (Å²) in [5.41, 5.74) is 0. The fourth-order valence-corrected chi connectivity index (χ4v) is 2.26. The Morgan fingerprint density at radius 1 is 1.60 bits per heavy atom. The molecule has 0 aromatic carbocycles. The average Bonchev–Trinajstić information content (AvgIpc) is 2.18. The van der Waals surface area contributed by atoms with Crippen molar-refractivity contribution in [1.29, 1.82) is 0 Å². The second-order valence-corrected chi connectivity index (χ2v) is 4.30. The molecule has 1 N–H and O–H groups in total. The molecule has 0 aromatic rings. The zero-order valence-corrected chi connectivity index (χ0v) is 9.48. The molecule has 1 aliphatic rings. The molecule has 0 aliphatic carbocycles. The van der Waals surface area contributed by atoms with Gasteiger partial charge in [-0.1, -0.05) is 19.4 Å². The van der Waals surface area contributed by atoms with Gasteiger partial charge >= 0.3 is 5.97 Å². The Kier molecular flexibility index (Phi) is 5.40. The van der Waals surface area contributed by atoms with E-state index in [1.54, 1.807) is 6.08 Å². The SMILES string of the molecule is CCCC1CCCN(CC=CC(=O)O)C1. The van der Waals surface area contributed by atoms with E-state index in [2.05, 4.69) is 11.8 Å². The summed E-state index contributed by atoms with van der Waals surface area (Å²) in [6.07, 6.45) is 8.14. The van der Waals surface area contributed by atoms with Crippen LogP contribution in [0.1, 0.15) is 32.6 Å². The van der Waals surface area contributed by atoms with Gasteiger partial charge in [0.15, 0.2) is 0 Å². The highest BCUT2D eigenvalue weighted by Crippen LogP contribution is 2.20. The van der Waals surface area contributed by atoms with Crippen LogP contribution in [0, 0.1) is 5.92 Å². The predicted octanol–water partition coefficient (Wildman–Crippen LogP) is 2.14. The Hall–Kier alpha value is -0.830. The van der Waals surface area contributed by atoms with Crippen LogP contribution in [-0.2, 0) is 4.79 Å². The molecule has 1 fully saturated rings. The number of likely N-dealkylation sites (tertiary alicyclic amines) is 1. The second kappa shape index (κ2) is 6.62. The van der Waals surface area contributed by atoms with E-state index in [1.807, 2.05) is 0 Å². The summed E-state index contributed by atoms with van der Waals surface area (Å²) in [5.74, 6) is -0.0286. The molecule has 86 valence electrons. The first-order valence-electron chi connectivity index (χ1n) is 5.84. The lowest BCUT2D eigenvalue weighted by molar-refractivity contribution is -0.131. The molecule has 0 aromatic heterocycles. The minimum Gasteiger partial charge on any atom is -0.478 e. The van der Waals surface area contributed by atoms with Crippen LogP contribution in [0.3, 0.4) is 0 Å². The van der Waals surface area contributed by atoms with Crippen molar-refractivity contribution < 1.29 is 9.90 Å². The van der Waals surface area contributed by atoms with Crippen LogP contribution in [-0.4, -0.2) is 35.6 Å². The predicted molar refractivity (Wildman–Crippen MR) is 60.8 cm³/mol. The third-order valence-electron chi connectivity index (χ3n) is 2.92. The summed E-state index contributed by atoms with van der Waals surface area (Å²) in [7, 11) is 0. The summed E-state index contributed by atoms with van der Waals surface area (Å²) in [6, 6.07) is 0. The largest absolute Gasteiger partial charge is 0.478 e. The van der Waals surface area contributed by atoms with Crippen LogP contribution in [0.25, 0.3) is 0 Å². The highest BCUT2D eigenvalue weighted by atomic mass is 16.4. The minimum atomic E-state index is -0.850. The summed E-state index contributed by atoms with van der Waals surface area (Å²) in [6.45, 7) is 5.26. The molecule has 15 heavy (non-hydrogen) atoms. The normalized spacial score (nSPS) is 23.4. The first kappa shape index (κ1) is 12.2. The van der Waals surface area contributed by atoms with Crippen molar-refractivity contribution in [2.24, 2.45) is 5.92 Å². The molecular weight excluding hydrogens is 190 g/mol. The lowest BCUT2D eigenvalue weighted by atomic mass is 9.94. The van der Waals surface area contributed by atoms with E-state index in [-0.39, 0.29) is 0 Å². The number of nitrogens with zero attached hydrogens (tertiary/aromatic N) is 1. The van der Waals surface area contributed by atoms with Gasteiger partial charge in [-0.25, -0.2) is 4.79 Å². The Morgan fingerprint density at radius 2 is 2.40 bits per heavy atom. The van der Waals surface area contributed by atoms with E-state index in [0.717, 1.165) is 25.6 Å². The van der Waals surface area contributed by atoms with Gasteiger partial charge in [0, 0.05) is 19.2 Å². The van der Waals surface area contributed by atoms with Crippen molar-refractivity contribution in [3.8, 4) is 0 Å². The number of carboxylic acid groups (broad SMARTS) is 1. The van der Waals surface area contributed by atoms with Crippen molar-refractivity contribution in [2.45, 2.75) is 32.6 Å². The summed E-state index contributed by atoms with van der Waals surface area (Å²) in [4.78, 5) is 12.7. The molecule has 1 aliphatic heterocycles. The molecule has 3 heteroatoms. The fraction of sp³-hybridized carbons (Fsp3) is 0.750. The van der Waals surface area contributed by atoms with E-state index < -0.39 is 5.97 Å². The van der Waals surface area contributed by atoms with Crippen molar-refractivity contribution in [3.05, 3.63) is 12.2 Å². The molecule has 1 rings (SSSR count). The minimum absolute atomic E-state index is 0.784. The van der Waals surface area contributed by atoms with E-state index in [1.165, 1.54) is 31.8 Å². The molecule has 1 unspecified atom stereocenters. The number of rotatable bonds is 5. The van der Waals surface area contributed by atoms with Gasteiger partial charge in [0.05, 0.1) is 0 Å². The first-order valence-corrected chi connectivity index (χ1v) is 5.84. The zero-order valence-electron chi connectivity index (χ0n) is 9.48. The van der Waals surface area contributed by atoms with E-state index in [4.69, 9.17) is 5.11 Å². The van der Waals surface area contributed by atoms with E-state index >= 15 is 0 Å². The molecular formula is C12H21NO2. The van der Waals surface area contributed by atoms with Crippen LogP contribution in [0.5, 0.6) is 0 Å². The van der Waals surface area contributed by atoms with Gasteiger partial charge in [0.1, 0.15) is 0 Å². The third kappa shape index (κ3) is 4.98. The molecule has 0 saturated carbocycles. The molecule has 0 radical (unpaired) electrons. The van der Waals surface area contributed by atoms with Gasteiger partial charge in [0.25, 0.3) is 0 Å². The highest BCUT2D eigenvalue weighted by molar-refractivity contribution is 5.79. The first-order chi connectivity index (χ1) is 7.22. The third-order valence-corrected chi connectivity index (χ3v) is 2.92. The maximum atomic E-state index is 10.3. The average molecular weight is 211 g/mol. The molecule has 0 spiro atoms. The van der Waals surface area contributed by atoms with Crippen molar-refractivity contribution in [2.75, 3.05) is 19.6 Å². The maximum absolute atomic E-state index is 10.3. The quantitative estimate of drug-likeness (QED) is 0.708. The Bertz CT molecular complexity index is 224. The van der Waals surface area contributed by atoms with Gasteiger partial charge in [-0.05, 0) is 31.7 Å². The lowest BCUT2D eigenvalue weighted by Crippen LogP contribution is -2.35. The van der Waals surface area contributed by atoms with Crippen LogP contribution < -0.4 is 0 Å². The fourth-order valence-electron chi connectivity index (χ4n) is 2.26. The molecule has 0 amide bonds. The Balaban J connectivity index is 2.26. The smallest absolute Gasteiger partial charge is 0.328 e. The van der Waals surface area contributed by atoms with Gasteiger partial charge in [-0.2, -0.15) is 0 Å². The van der Waals surface area contributed by atoms with Gasteiger partial charge in [-0.15, -0.1) is 0 Å². The van der Waals surface area contributed by atoms with E-state index in [9.17, 15) is 4.79 Å². The van der Waals surface area contributed by atoms with Crippen molar-refractivity contribution in [1.82, 2.24) is 4.90 Å². The summed E-state index contributed by atoms with van der Waals surface area (Å²) < 4.78 is 0. The number of aliphatic carboxylic acids is 1. The number of hydrogen-bond donors (Lipinski definition) is 1. The highest BCUT2D eigenvalue weighted by Gasteiger charge is 2.17.